The van der Waals surface area contributed by atoms with Crippen molar-refractivity contribution in [2.45, 2.75) is 27.5 Å². The second-order valence-corrected chi connectivity index (χ2v) is 8.82. The SMILES string of the molecule is CSc1ccc2c(c1)N(CCCCN1CCNCC1)c1ccccc1S2. The number of para-hydroxylation sites is 1. The largest absolute Gasteiger partial charge is 0.340 e. The van der Waals surface area contributed by atoms with Crippen LogP contribution in [0.4, 0.5) is 11.4 Å². The number of hydrogen-bond donors (Lipinski definition) is 1. The first kappa shape index (κ1) is 18.2. The number of unbranched alkanes of at least 4 members (excludes halogenated alkanes) is 1. The summed E-state index contributed by atoms with van der Waals surface area (Å²) in [5.74, 6) is 0. The van der Waals surface area contributed by atoms with Crippen molar-refractivity contribution in [1.29, 1.82) is 0 Å². The van der Waals surface area contributed by atoms with E-state index in [0.29, 0.717) is 0 Å². The lowest BCUT2D eigenvalue weighted by Crippen LogP contribution is -2.43. The molecule has 5 heteroatoms. The number of benzene rings is 2. The Morgan fingerprint density at radius 1 is 0.962 bits per heavy atom. The summed E-state index contributed by atoms with van der Waals surface area (Å²) >= 11 is 3.72. The number of thioether (sulfide) groups is 1. The van der Waals surface area contributed by atoms with Gasteiger partial charge >= 0.3 is 0 Å². The number of rotatable bonds is 6. The summed E-state index contributed by atoms with van der Waals surface area (Å²) in [4.78, 5) is 9.23. The molecular formula is C21H27N3S2. The molecule has 0 bridgehead atoms. The first-order valence-corrected chi connectivity index (χ1v) is 11.5. The van der Waals surface area contributed by atoms with Gasteiger partial charge in [-0.3, -0.25) is 0 Å². The van der Waals surface area contributed by atoms with Gasteiger partial charge in [-0.25, -0.2) is 0 Å². The molecule has 0 aromatic heterocycles. The van der Waals surface area contributed by atoms with Crippen LogP contribution in [0.2, 0.25) is 0 Å². The van der Waals surface area contributed by atoms with E-state index in [4.69, 9.17) is 0 Å². The maximum absolute atomic E-state index is 3.44. The molecule has 0 saturated carbocycles. The van der Waals surface area contributed by atoms with Gasteiger partial charge in [-0.15, -0.1) is 11.8 Å². The monoisotopic (exact) mass is 385 g/mol. The normalized spacial score (nSPS) is 17.0. The predicted molar refractivity (Wildman–Crippen MR) is 114 cm³/mol. The van der Waals surface area contributed by atoms with Crippen LogP contribution in [0, 0.1) is 0 Å². The molecule has 0 aliphatic carbocycles. The molecule has 0 amide bonds. The van der Waals surface area contributed by atoms with Crippen LogP contribution in [0.5, 0.6) is 0 Å². The van der Waals surface area contributed by atoms with Crippen molar-refractivity contribution >= 4 is 34.9 Å². The minimum atomic E-state index is 1.09. The standard InChI is InChI=1S/C21H27N3S2/c1-25-17-8-9-21-19(16-17)24(18-6-2-3-7-20(18)26-21)13-5-4-12-23-14-10-22-11-15-23/h2-3,6-9,16,22H,4-5,10-15H2,1H3. The molecule has 2 aliphatic heterocycles. The first-order valence-electron chi connectivity index (χ1n) is 9.51. The van der Waals surface area contributed by atoms with Crippen LogP contribution in [0.15, 0.2) is 57.2 Å². The lowest BCUT2D eigenvalue weighted by molar-refractivity contribution is 0.237. The molecule has 0 unspecified atom stereocenters. The Morgan fingerprint density at radius 3 is 2.58 bits per heavy atom. The van der Waals surface area contributed by atoms with Crippen molar-refractivity contribution in [2.75, 3.05) is 50.4 Å². The molecule has 0 radical (unpaired) electrons. The fourth-order valence-corrected chi connectivity index (χ4v) is 5.23. The highest BCUT2D eigenvalue weighted by atomic mass is 32.2. The predicted octanol–water partition coefficient (Wildman–Crippen LogP) is 4.70. The van der Waals surface area contributed by atoms with E-state index in [0.717, 1.165) is 19.6 Å². The summed E-state index contributed by atoms with van der Waals surface area (Å²) < 4.78 is 0. The number of nitrogens with zero attached hydrogens (tertiary/aromatic N) is 2. The molecule has 138 valence electrons. The summed E-state index contributed by atoms with van der Waals surface area (Å²) in [7, 11) is 0. The van der Waals surface area contributed by atoms with E-state index in [1.54, 1.807) is 0 Å². The molecule has 1 fully saturated rings. The van der Waals surface area contributed by atoms with E-state index in [1.807, 2.05) is 23.5 Å². The quantitative estimate of drug-likeness (QED) is 0.572. The zero-order valence-electron chi connectivity index (χ0n) is 15.4. The molecule has 3 nitrogen and oxygen atoms in total. The summed E-state index contributed by atoms with van der Waals surface area (Å²) in [6.45, 7) is 6.99. The zero-order chi connectivity index (χ0) is 17.8. The Kier molecular flexibility index (Phi) is 6.10. The lowest BCUT2D eigenvalue weighted by Gasteiger charge is -2.33. The third-order valence-electron chi connectivity index (χ3n) is 5.15. The van der Waals surface area contributed by atoms with Crippen molar-refractivity contribution < 1.29 is 0 Å². The van der Waals surface area contributed by atoms with Gasteiger partial charge in [0.15, 0.2) is 0 Å². The van der Waals surface area contributed by atoms with Crippen molar-refractivity contribution in [1.82, 2.24) is 10.2 Å². The number of anilines is 2. The molecule has 1 saturated heterocycles. The molecule has 2 heterocycles. The molecule has 4 rings (SSSR count). The number of piperazine rings is 1. The summed E-state index contributed by atoms with van der Waals surface area (Å²) in [6, 6.07) is 15.7. The van der Waals surface area contributed by atoms with Gasteiger partial charge in [-0.05, 0) is 56.0 Å². The van der Waals surface area contributed by atoms with Crippen LogP contribution in [0.25, 0.3) is 0 Å². The summed E-state index contributed by atoms with van der Waals surface area (Å²) in [5, 5.41) is 3.44. The Hall–Kier alpha value is -1.14. The lowest BCUT2D eigenvalue weighted by atomic mass is 10.2. The Labute approximate surface area is 165 Å². The van der Waals surface area contributed by atoms with Gasteiger partial charge in [0.1, 0.15) is 0 Å². The third-order valence-corrected chi connectivity index (χ3v) is 7.00. The van der Waals surface area contributed by atoms with Crippen molar-refractivity contribution in [3.63, 3.8) is 0 Å². The van der Waals surface area contributed by atoms with Gasteiger partial charge in [0.25, 0.3) is 0 Å². The smallest absolute Gasteiger partial charge is 0.0564 e. The Balaban J connectivity index is 1.47. The second kappa shape index (κ2) is 8.70. The third kappa shape index (κ3) is 4.06. The highest BCUT2D eigenvalue weighted by Crippen LogP contribution is 2.48. The molecule has 2 aromatic carbocycles. The molecule has 0 atom stereocenters. The van der Waals surface area contributed by atoms with E-state index in [1.165, 1.54) is 58.5 Å². The zero-order valence-corrected chi connectivity index (χ0v) is 17.0. The molecule has 1 N–H and O–H groups in total. The van der Waals surface area contributed by atoms with E-state index < -0.39 is 0 Å². The van der Waals surface area contributed by atoms with Crippen molar-refractivity contribution in [3.8, 4) is 0 Å². The molecular weight excluding hydrogens is 358 g/mol. The minimum Gasteiger partial charge on any atom is -0.340 e. The van der Waals surface area contributed by atoms with Gasteiger partial charge in [0.2, 0.25) is 0 Å². The second-order valence-electron chi connectivity index (χ2n) is 6.85. The van der Waals surface area contributed by atoms with Crippen LogP contribution in [-0.2, 0) is 0 Å². The molecule has 0 spiro atoms. The Morgan fingerprint density at radius 2 is 1.73 bits per heavy atom. The fourth-order valence-electron chi connectivity index (χ4n) is 3.72. The van der Waals surface area contributed by atoms with Gasteiger partial charge in [0.05, 0.1) is 11.4 Å². The van der Waals surface area contributed by atoms with E-state index in [-0.39, 0.29) is 0 Å². The average Bonchev–Trinajstić information content (AvgIpc) is 2.71. The van der Waals surface area contributed by atoms with E-state index >= 15 is 0 Å². The Bertz CT molecular complexity index is 744. The molecule has 26 heavy (non-hydrogen) atoms. The van der Waals surface area contributed by atoms with Crippen LogP contribution < -0.4 is 10.2 Å². The summed E-state index contributed by atoms with van der Waals surface area (Å²) in [5.41, 5.74) is 2.74. The van der Waals surface area contributed by atoms with Gasteiger partial charge in [0, 0.05) is 47.4 Å². The topological polar surface area (TPSA) is 18.5 Å². The highest BCUT2D eigenvalue weighted by molar-refractivity contribution is 8.00. The van der Waals surface area contributed by atoms with Crippen molar-refractivity contribution in [3.05, 3.63) is 42.5 Å². The van der Waals surface area contributed by atoms with E-state index in [2.05, 4.69) is 63.8 Å². The molecule has 2 aliphatic rings. The number of nitrogens with one attached hydrogen (secondary N) is 1. The van der Waals surface area contributed by atoms with Crippen LogP contribution in [-0.4, -0.2) is 50.4 Å². The van der Waals surface area contributed by atoms with Crippen molar-refractivity contribution in [2.24, 2.45) is 0 Å². The maximum atomic E-state index is 3.44. The van der Waals surface area contributed by atoms with Crippen LogP contribution >= 0.6 is 23.5 Å². The summed E-state index contributed by atoms with van der Waals surface area (Å²) in [6.07, 6.45) is 4.65. The van der Waals surface area contributed by atoms with Crippen LogP contribution in [0.3, 0.4) is 0 Å². The minimum absolute atomic E-state index is 1.09. The average molecular weight is 386 g/mol. The number of hydrogen-bond acceptors (Lipinski definition) is 5. The maximum Gasteiger partial charge on any atom is 0.0564 e. The highest BCUT2D eigenvalue weighted by Gasteiger charge is 2.23. The number of fused-ring (bicyclic) bond motifs is 2. The van der Waals surface area contributed by atoms with Gasteiger partial charge in [-0.1, -0.05) is 23.9 Å². The molecule has 2 aromatic rings. The van der Waals surface area contributed by atoms with E-state index in [9.17, 15) is 0 Å². The van der Waals surface area contributed by atoms with Gasteiger partial charge in [-0.2, -0.15) is 0 Å². The van der Waals surface area contributed by atoms with Gasteiger partial charge < -0.3 is 15.1 Å². The first-order chi connectivity index (χ1) is 12.8. The van der Waals surface area contributed by atoms with Crippen LogP contribution in [0.1, 0.15) is 12.8 Å². The fraction of sp³-hybridized carbons (Fsp3) is 0.429.